The third-order valence-corrected chi connectivity index (χ3v) is 5.68. The van der Waals surface area contributed by atoms with Crippen LogP contribution in [0.2, 0.25) is 0 Å². The minimum atomic E-state index is -0.0373. The van der Waals surface area contributed by atoms with Crippen molar-refractivity contribution in [3.8, 4) is 0 Å². The summed E-state index contributed by atoms with van der Waals surface area (Å²) in [5.41, 5.74) is 3.57. The van der Waals surface area contributed by atoms with Gasteiger partial charge >= 0.3 is 0 Å². The summed E-state index contributed by atoms with van der Waals surface area (Å²) in [7, 11) is 4.09. The lowest BCUT2D eigenvalue weighted by atomic mass is 10.2. The summed E-state index contributed by atoms with van der Waals surface area (Å²) in [5, 5.41) is 5.27. The van der Waals surface area contributed by atoms with Crippen LogP contribution in [0.15, 0.2) is 24.3 Å². The molecule has 0 radical (unpaired) electrons. The first-order chi connectivity index (χ1) is 13.3. The number of carbonyl (C=O) groups excluding carboxylic acids is 1. The number of carbonyl (C=O) groups is 1. The summed E-state index contributed by atoms with van der Waals surface area (Å²) in [6, 6.07) is 8.15. The Hall–Kier alpha value is -1.96. The molecule has 0 aliphatic rings. The summed E-state index contributed by atoms with van der Waals surface area (Å²) in [5.74, 6) is -0.0373. The van der Waals surface area contributed by atoms with Crippen LogP contribution in [0.1, 0.15) is 48.1 Å². The van der Waals surface area contributed by atoms with Crippen molar-refractivity contribution >= 4 is 45.0 Å². The number of para-hydroxylation sites is 1. The molecule has 0 bridgehead atoms. The SMILES string of the molecule is Cc1cc(C(=O)N(CCCN(C)C)c2nc3c(C)cccc3s2)n(C(C)C)n1.Cl. The molecule has 0 aliphatic carbocycles. The number of halogens is 1. The van der Waals surface area contributed by atoms with E-state index in [4.69, 9.17) is 4.98 Å². The lowest BCUT2D eigenvalue weighted by Gasteiger charge is -2.22. The molecule has 158 valence electrons. The number of rotatable bonds is 7. The Bertz CT molecular complexity index is 979. The number of amides is 1. The summed E-state index contributed by atoms with van der Waals surface area (Å²) < 4.78 is 2.92. The van der Waals surface area contributed by atoms with E-state index in [-0.39, 0.29) is 24.4 Å². The molecule has 3 aromatic rings. The number of nitrogens with zero attached hydrogens (tertiary/aromatic N) is 5. The van der Waals surface area contributed by atoms with Gasteiger partial charge in [0.05, 0.1) is 15.9 Å². The smallest absolute Gasteiger partial charge is 0.278 e. The number of hydrogen-bond donors (Lipinski definition) is 0. The van der Waals surface area contributed by atoms with Gasteiger partial charge in [-0.05, 0) is 72.5 Å². The van der Waals surface area contributed by atoms with Crippen molar-refractivity contribution in [2.24, 2.45) is 0 Å². The number of aryl methyl sites for hydroxylation is 2. The van der Waals surface area contributed by atoms with Crippen molar-refractivity contribution in [2.45, 2.75) is 40.2 Å². The molecule has 2 aromatic heterocycles. The number of thiazole rings is 1. The lowest BCUT2D eigenvalue weighted by Crippen LogP contribution is -2.35. The summed E-state index contributed by atoms with van der Waals surface area (Å²) in [6.07, 6.45) is 0.877. The molecule has 1 aromatic carbocycles. The van der Waals surface area contributed by atoms with Gasteiger partial charge in [0.15, 0.2) is 5.13 Å². The Kier molecular flexibility index (Phi) is 7.80. The van der Waals surface area contributed by atoms with E-state index in [1.165, 1.54) is 0 Å². The zero-order valence-corrected chi connectivity index (χ0v) is 19.6. The molecule has 0 atom stereocenters. The van der Waals surface area contributed by atoms with Crippen LogP contribution in [0.25, 0.3) is 10.2 Å². The number of anilines is 1. The van der Waals surface area contributed by atoms with E-state index in [0.717, 1.165) is 39.6 Å². The average molecular weight is 436 g/mol. The van der Waals surface area contributed by atoms with Gasteiger partial charge in [-0.1, -0.05) is 23.5 Å². The van der Waals surface area contributed by atoms with Crippen LogP contribution in [0, 0.1) is 13.8 Å². The molecule has 3 rings (SSSR count). The monoisotopic (exact) mass is 435 g/mol. The average Bonchev–Trinajstić information content (AvgIpc) is 3.22. The molecule has 0 saturated carbocycles. The van der Waals surface area contributed by atoms with Crippen LogP contribution in [0.4, 0.5) is 5.13 Å². The second-order valence-electron chi connectivity index (χ2n) is 7.74. The van der Waals surface area contributed by atoms with Crippen molar-refractivity contribution in [3.63, 3.8) is 0 Å². The first-order valence-electron chi connectivity index (χ1n) is 9.67. The van der Waals surface area contributed by atoms with Gasteiger partial charge in [-0.2, -0.15) is 5.10 Å². The molecule has 0 unspecified atom stereocenters. The maximum Gasteiger partial charge on any atom is 0.278 e. The Balaban J connectivity index is 0.00000300. The molecule has 0 saturated heterocycles. The molecule has 8 heteroatoms. The summed E-state index contributed by atoms with van der Waals surface area (Å²) in [6.45, 7) is 9.60. The molecule has 0 spiro atoms. The van der Waals surface area contributed by atoms with Crippen LogP contribution < -0.4 is 4.90 Å². The van der Waals surface area contributed by atoms with Crippen molar-refractivity contribution in [3.05, 3.63) is 41.2 Å². The van der Waals surface area contributed by atoms with Gasteiger partial charge < -0.3 is 4.90 Å². The Morgan fingerprint density at radius 2 is 1.93 bits per heavy atom. The molecule has 0 aliphatic heterocycles. The third kappa shape index (κ3) is 5.15. The van der Waals surface area contributed by atoms with Crippen molar-refractivity contribution in [1.82, 2.24) is 19.7 Å². The van der Waals surface area contributed by atoms with Crippen molar-refractivity contribution < 1.29 is 4.79 Å². The highest BCUT2D eigenvalue weighted by molar-refractivity contribution is 7.22. The van der Waals surface area contributed by atoms with E-state index in [9.17, 15) is 4.79 Å². The first kappa shape index (κ1) is 23.3. The fraction of sp³-hybridized carbons (Fsp3) is 0.476. The Labute approximate surface area is 182 Å². The standard InChI is InChI=1S/C21H29N5OS.ClH/c1-14(2)26-17(13-16(4)23-26)20(27)25(12-8-11-24(5)6)21-22-19-15(3)9-7-10-18(19)28-21;/h7,9-10,13-14H,8,11-12H2,1-6H3;1H. The van der Waals surface area contributed by atoms with E-state index in [1.54, 1.807) is 11.3 Å². The number of benzene rings is 1. The largest absolute Gasteiger partial charge is 0.309 e. The molecule has 0 N–H and O–H groups in total. The van der Waals surface area contributed by atoms with Crippen LogP contribution in [-0.4, -0.2) is 52.8 Å². The molecule has 6 nitrogen and oxygen atoms in total. The molecular formula is C21H30ClN5OS. The second kappa shape index (κ2) is 9.69. The van der Waals surface area contributed by atoms with E-state index >= 15 is 0 Å². The maximum absolute atomic E-state index is 13.5. The predicted molar refractivity (Wildman–Crippen MR) is 124 cm³/mol. The topological polar surface area (TPSA) is 54.3 Å². The van der Waals surface area contributed by atoms with Gasteiger partial charge in [-0.15, -0.1) is 12.4 Å². The fourth-order valence-electron chi connectivity index (χ4n) is 3.23. The highest BCUT2D eigenvalue weighted by atomic mass is 35.5. The van der Waals surface area contributed by atoms with E-state index in [2.05, 4.69) is 29.1 Å². The van der Waals surface area contributed by atoms with Crippen LogP contribution in [-0.2, 0) is 0 Å². The van der Waals surface area contributed by atoms with Gasteiger partial charge in [-0.3, -0.25) is 14.4 Å². The first-order valence-corrected chi connectivity index (χ1v) is 10.5. The van der Waals surface area contributed by atoms with Crippen LogP contribution in [0.3, 0.4) is 0 Å². The molecule has 2 heterocycles. The Morgan fingerprint density at radius 3 is 2.55 bits per heavy atom. The van der Waals surface area contributed by atoms with Gasteiger partial charge in [0.25, 0.3) is 5.91 Å². The predicted octanol–water partition coefficient (Wildman–Crippen LogP) is 4.71. The molecule has 29 heavy (non-hydrogen) atoms. The summed E-state index contributed by atoms with van der Waals surface area (Å²) >= 11 is 1.57. The summed E-state index contributed by atoms with van der Waals surface area (Å²) in [4.78, 5) is 22.3. The zero-order chi connectivity index (χ0) is 20.4. The number of aromatic nitrogens is 3. The lowest BCUT2D eigenvalue weighted by molar-refractivity contribution is 0.0974. The Morgan fingerprint density at radius 1 is 1.21 bits per heavy atom. The molecule has 0 fully saturated rings. The van der Waals surface area contributed by atoms with Crippen LogP contribution in [0.5, 0.6) is 0 Å². The maximum atomic E-state index is 13.5. The minimum Gasteiger partial charge on any atom is -0.309 e. The van der Waals surface area contributed by atoms with Crippen molar-refractivity contribution in [2.75, 3.05) is 32.1 Å². The van der Waals surface area contributed by atoms with E-state index in [1.807, 2.05) is 56.6 Å². The minimum absolute atomic E-state index is 0. The zero-order valence-electron chi connectivity index (χ0n) is 18.0. The quantitative estimate of drug-likeness (QED) is 0.539. The third-order valence-electron chi connectivity index (χ3n) is 4.64. The number of fused-ring (bicyclic) bond motifs is 1. The van der Waals surface area contributed by atoms with E-state index < -0.39 is 0 Å². The van der Waals surface area contributed by atoms with E-state index in [0.29, 0.717) is 12.2 Å². The highest BCUT2D eigenvalue weighted by Crippen LogP contribution is 2.31. The van der Waals surface area contributed by atoms with Gasteiger partial charge in [0.1, 0.15) is 5.69 Å². The molecular weight excluding hydrogens is 406 g/mol. The highest BCUT2D eigenvalue weighted by Gasteiger charge is 2.25. The fourth-order valence-corrected chi connectivity index (χ4v) is 4.30. The van der Waals surface area contributed by atoms with Crippen molar-refractivity contribution in [1.29, 1.82) is 0 Å². The van der Waals surface area contributed by atoms with Gasteiger partial charge in [0.2, 0.25) is 0 Å². The number of hydrogen-bond acceptors (Lipinski definition) is 5. The van der Waals surface area contributed by atoms with Crippen LogP contribution >= 0.6 is 23.7 Å². The normalized spacial score (nSPS) is 11.3. The van der Waals surface area contributed by atoms with Gasteiger partial charge in [-0.25, -0.2) is 4.98 Å². The van der Waals surface area contributed by atoms with Gasteiger partial charge in [0, 0.05) is 12.6 Å². The second-order valence-corrected chi connectivity index (χ2v) is 8.75. The molecule has 1 amide bonds.